The van der Waals surface area contributed by atoms with Gasteiger partial charge < -0.3 is 15.1 Å². The third-order valence-corrected chi connectivity index (χ3v) is 4.92. The van der Waals surface area contributed by atoms with E-state index in [1.165, 1.54) is 11.3 Å². The first-order chi connectivity index (χ1) is 11.9. The number of nitrogens with one attached hydrogen (secondary N) is 1. The summed E-state index contributed by atoms with van der Waals surface area (Å²) in [6.45, 7) is 5.04. The molecule has 0 aliphatic carbocycles. The zero-order valence-electron chi connectivity index (χ0n) is 15.2. The van der Waals surface area contributed by atoms with E-state index in [1.54, 1.807) is 11.0 Å². The standard InChI is InChI=1S/C19H25N3O2S/c1-5-22(13-15-7-9-16(10-8-15)21(3)4)18(23)12-20-19(24)17-11-6-14(2)25-17/h6-11H,5,12-13H2,1-4H3,(H,20,24). The van der Waals surface area contributed by atoms with Crippen molar-refractivity contribution in [2.24, 2.45) is 0 Å². The lowest BCUT2D eigenvalue weighted by Gasteiger charge is -2.22. The molecule has 134 valence electrons. The molecule has 0 fully saturated rings. The Morgan fingerprint density at radius 1 is 1.08 bits per heavy atom. The second-order valence-electron chi connectivity index (χ2n) is 6.06. The average molecular weight is 359 g/mol. The van der Waals surface area contributed by atoms with Gasteiger partial charge in [-0.2, -0.15) is 0 Å². The van der Waals surface area contributed by atoms with Crippen molar-refractivity contribution in [3.05, 3.63) is 51.7 Å². The van der Waals surface area contributed by atoms with Gasteiger partial charge in [0.1, 0.15) is 0 Å². The second kappa shape index (κ2) is 8.67. The lowest BCUT2D eigenvalue weighted by molar-refractivity contribution is -0.130. The van der Waals surface area contributed by atoms with Crippen molar-refractivity contribution in [2.45, 2.75) is 20.4 Å². The molecule has 0 saturated carbocycles. The van der Waals surface area contributed by atoms with Gasteiger partial charge in [-0.25, -0.2) is 0 Å². The van der Waals surface area contributed by atoms with E-state index in [-0.39, 0.29) is 18.4 Å². The van der Waals surface area contributed by atoms with Crippen molar-refractivity contribution in [1.29, 1.82) is 0 Å². The lowest BCUT2D eigenvalue weighted by Crippen LogP contribution is -2.39. The minimum Gasteiger partial charge on any atom is -0.378 e. The fourth-order valence-electron chi connectivity index (χ4n) is 2.41. The fraction of sp³-hybridized carbons (Fsp3) is 0.368. The highest BCUT2D eigenvalue weighted by Crippen LogP contribution is 2.15. The Balaban J connectivity index is 1.90. The van der Waals surface area contributed by atoms with Crippen molar-refractivity contribution >= 4 is 28.8 Å². The topological polar surface area (TPSA) is 52.6 Å². The number of hydrogen-bond acceptors (Lipinski definition) is 4. The molecule has 0 saturated heterocycles. The van der Waals surface area contributed by atoms with E-state index in [0.29, 0.717) is 18.0 Å². The molecule has 5 nitrogen and oxygen atoms in total. The Morgan fingerprint density at radius 3 is 2.28 bits per heavy atom. The number of thiophene rings is 1. The molecular formula is C19H25N3O2S. The number of carbonyl (C=O) groups is 2. The molecule has 1 N–H and O–H groups in total. The molecule has 2 rings (SSSR count). The smallest absolute Gasteiger partial charge is 0.261 e. The summed E-state index contributed by atoms with van der Waals surface area (Å²) in [5.74, 6) is -0.279. The van der Waals surface area contributed by atoms with Gasteiger partial charge in [-0.1, -0.05) is 12.1 Å². The molecule has 0 unspecified atom stereocenters. The minimum atomic E-state index is -0.196. The number of aryl methyl sites for hydroxylation is 1. The van der Waals surface area contributed by atoms with E-state index in [0.717, 1.165) is 16.1 Å². The number of amides is 2. The number of nitrogens with zero attached hydrogens (tertiary/aromatic N) is 2. The second-order valence-corrected chi connectivity index (χ2v) is 7.35. The van der Waals surface area contributed by atoms with Crippen LogP contribution in [0, 0.1) is 6.92 Å². The van der Waals surface area contributed by atoms with Crippen LogP contribution in [0.15, 0.2) is 36.4 Å². The van der Waals surface area contributed by atoms with Gasteiger partial charge in [-0.15, -0.1) is 11.3 Å². The predicted octanol–water partition coefficient (Wildman–Crippen LogP) is 2.90. The summed E-state index contributed by atoms with van der Waals surface area (Å²) < 4.78 is 0. The summed E-state index contributed by atoms with van der Waals surface area (Å²) in [5.41, 5.74) is 2.19. The van der Waals surface area contributed by atoms with Crippen LogP contribution in [0.3, 0.4) is 0 Å². The Labute approximate surface area is 153 Å². The molecule has 25 heavy (non-hydrogen) atoms. The van der Waals surface area contributed by atoms with Crippen LogP contribution in [-0.4, -0.2) is 43.9 Å². The molecule has 2 aromatic rings. The number of rotatable bonds is 7. The average Bonchev–Trinajstić information content (AvgIpc) is 3.04. The summed E-state index contributed by atoms with van der Waals surface area (Å²) in [6, 6.07) is 11.8. The molecule has 6 heteroatoms. The third kappa shape index (κ3) is 5.32. The molecule has 0 atom stereocenters. The number of hydrogen-bond donors (Lipinski definition) is 1. The normalized spacial score (nSPS) is 10.4. The Kier molecular flexibility index (Phi) is 6.58. The Morgan fingerprint density at radius 2 is 1.76 bits per heavy atom. The summed E-state index contributed by atoms with van der Waals surface area (Å²) >= 11 is 1.43. The van der Waals surface area contributed by atoms with Crippen LogP contribution in [-0.2, 0) is 11.3 Å². The van der Waals surface area contributed by atoms with Crippen molar-refractivity contribution in [3.8, 4) is 0 Å². The Bertz CT molecular complexity index is 723. The van der Waals surface area contributed by atoms with Gasteiger partial charge in [0, 0.05) is 37.7 Å². The molecule has 1 heterocycles. The van der Waals surface area contributed by atoms with Crippen molar-refractivity contribution in [3.63, 3.8) is 0 Å². The SMILES string of the molecule is CCN(Cc1ccc(N(C)C)cc1)C(=O)CNC(=O)c1ccc(C)s1. The van der Waals surface area contributed by atoms with Crippen LogP contribution in [0.25, 0.3) is 0 Å². The summed E-state index contributed by atoms with van der Waals surface area (Å²) in [4.78, 5) is 29.9. The van der Waals surface area contributed by atoms with Gasteiger partial charge in [0.15, 0.2) is 0 Å². The summed E-state index contributed by atoms with van der Waals surface area (Å²) in [6.07, 6.45) is 0. The lowest BCUT2D eigenvalue weighted by atomic mass is 10.2. The first-order valence-electron chi connectivity index (χ1n) is 8.29. The Hall–Kier alpha value is -2.34. The van der Waals surface area contributed by atoms with Crippen molar-refractivity contribution in [1.82, 2.24) is 10.2 Å². The fourth-order valence-corrected chi connectivity index (χ4v) is 3.19. The van der Waals surface area contributed by atoms with Crippen LogP contribution >= 0.6 is 11.3 Å². The van der Waals surface area contributed by atoms with Crippen LogP contribution in [0.5, 0.6) is 0 Å². The zero-order chi connectivity index (χ0) is 18.4. The van der Waals surface area contributed by atoms with E-state index in [4.69, 9.17) is 0 Å². The van der Waals surface area contributed by atoms with Crippen LogP contribution in [0.1, 0.15) is 27.0 Å². The van der Waals surface area contributed by atoms with Gasteiger partial charge in [-0.05, 0) is 43.7 Å². The van der Waals surface area contributed by atoms with E-state index in [9.17, 15) is 9.59 Å². The molecule has 2 amide bonds. The molecule has 0 aliphatic heterocycles. The van der Waals surface area contributed by atoms with Gasteiger partial charge in [0.2, 0.25) is 5.91 Å². The molecule has 0 aliphatic rings. The minimum absolute atomic E-state index is 0.0133. The molecule has 1 aromatic carbocycles. The monoisotopic (exact) mass is 359 g/mol. The molecule has 1 aromatic heterocycles. The maximum absolute atomic E-state index is 12.4. The maximum atomic E-state index is 12.4. The predicted molar refractivity (Wildman–Crippen MR) is 103 cm³/mol. The maximum Gasteiger partial charge on any atom is 0.261 e. The van der Waals surface area contributed by atoms with E-state index in [1.807, 2.05) is 63.2 Å². The van der Waals surface area contributed by atoms with E-state index in [2.05, 4.69) is 5.32 Å². The van der Waals surface area contributed by atoms with Gasteiger partial charge >= 0.3 is 0 Å². The number of likely N-dealkylation sites (N-methyl/N-ethyl adjacent to an activating group) is 1. The van der Waals surface area contributed by atoms with Gasteiger partial charge in [0.05, 0.1) is 11.4 Å². The number of carbonyl (C=O) groups excluding carboxylic acids is 2. The van der Waals surface area contributed by atoms with Crippen LogP contribution < -0.4 is 10.2 Å². The summed E-state index contributed by atoms with van der Waals surface area (Å²) in [7, 11) is 3.99. The number of benzene rings is 1. The highest BCUT2D eigenvalue weighted by atomic mass is 32.1. The quantitative estimate of drug-likeness (QED) is 0.827. The number of anilines is 1. The summed E-state index contributed by atoms with van der Waals surface area (Å²) in [5, 5.41) is 2.71. The van der Waals surface area contributed by atoms with Crippen molar-refractivity contribution in [2.75, 3.05) is 32.1 Å². The highest BCUT2D eigenvalue weighted by Gasteiger charge is 2.15. The van der Waals surface area contributed by atoms with Crippen LogP contribution in [0.4, 0.5) is 5.69 Å². The van der Waals surface area contributed by atoms with Crippen molar-refractivity contribution < 1.29 is 9.59 Å². The van der Waals surface area contributed by atoms with E-state index < -0.39 is 0 Å². The molecular weight excluding hydrogens is 334 g/mol. The highest BCUT2D eigenvalue weighted by molar-refractivity contribution is 7.13. The van der Waals surface area contributed by atoms with Crippen LogP contribution in [0.2, 0.25) is 0 Å². The zero-order valence-corrected chi connectivity index (χ0v) is 16.0. The molecule has 0 radical (unpaired) electrons. The largest absolute Gasteiger partial charge is 0.378 e. The first kappa shape index (κ1) is 19.0. The van der Waals surface area contributed by atoms with Gasteiger partial charge in [0.25, 0.3) is 5.91 Å². The molecule has 0 bridgehead atoms. The van der Waals surface area contributed by atoms with Gasteiger partial charge in [-0.3, -0.25) is 9.59 Å². The van der Waals surface area contributed by atoms with E-state index >= 15 is 0 Å². The molecule has 0 spiro atoms. The third-order valence-electron chi connectivity index (χ3n) is 3.92. The first-order valence-corrected chi connectivity index (χ1v) is 9.11.